The maximum Gasteiger partial charge on any atom is 0.243 e. The highest BCUT2D eigenvalue weighted by atomic mass is 32.2. The van der Waals surface area contributed by atoms with Gasteiger partial charge in [-0.15, -0.1) is 0 Å². The summed E-state index contributed by atoms with van der Waals surface area (Å²) in [5.41, 5.74) is 2.00. The van der Waals surface area contributed by atoms with Crippen LogP contribution in [0.25, 0.3) is 11.4 Å². The van der Waals surface area contributed by atoms with Crippen molar-refractivity contribution in [2.75, 3.05) is 38.6 Å². The number of rotatable bonds is 8. The Balaban J connectivity index is 1.21. The third-order valence-electron chi connectivity index (χ3n) is 7.19. The number of ether oxygens (including phenoxy) is 1. The average Bonchev–Trinajstić information content (AvgIpc) is 3.63. The largest absolute Gasteiger partial charge is 0.497 e. The van der Waals surface area contributed by atoms with E-state index in [-0.39, 0.29) is 16.7 Å². The fourth-order valence-corrected chi connectivity index (χ4v) is 6.82. The molecule has 2 saturated heterocycles. The van der Waals surface area contributed by atoms with Crippen LogP contribution in [0.3, 0.4) is 0 Å². The molecule has 38 heavy (non-hydrogen) atoms. The van der Waals surface area contributed by atoms with E-state index in [0.29, 0.717) is 49.1 Å². The summed E-state index contributed by atoms with van der Waals surface area (Å²) in [4.78, 5) is 20.1. The zero-order valence-corrected chi connectivity index (χ0v) is 22.5. The lowest BCUT2D eigenvalue weighted by Crippen LogP contribution is -2.40. The Hall–Kier alpha value is -3.28. The molecule has 5 rings (SSSR count). The van der Waals surface area contributed by atoms with Crippen LogP contribution in [-0.4, -0.2) is 67.0 Å². The number of methoxy groups -OCH3 is 1. The van der Waals surface area contributed by atoms with Gasteiger partial charge in [0.25, 0.3) is 0 Å². The smallest absolute Gasteiger partial charge is 0.243 e. The molecule has 1 aromatic heterocycles. The highest BCUT2D eigenvalue weighted by Crippen LogP contribution is 2.28. The summed E-state index contributed by atoms with van der Waals surface area (Å²) in [5.74, 6) is 1.41. The topological polar surface area (TPSA) is 118 Å². The molecule has 1 N–H and O–H groups in total. The molecule has 0 bridgehead atoms. The molecule has 1 unspecified atom stereocenters. The Labute approximate surface area is 223 Å². The number of hydrogen-bond donors (Lipinski definition) is 1. The lowest BCUT2D eigenvalue weighted by atomic mass is 9.97. The number of likely N-dealkylation sites (tertiary alicyclic amines) is 1. The predicted octanol–water partition coefficient (Wildman–Crippen LogP) is 3.69. The first kappa shape index (κ1) is 26.3. The van der Waals surface area contributed by atoms with Crippen LogP contribution in [-0.2, 0) is 21.4 Å². The summed E-state index contributed by atoms with van der Waals surface area (Å²) in [7, 11) is -1.96. The number of benzene rings is 2. The van der Waals surface area contributed by atoms with E-state index in [0.717, 1.165) is 43.5 Å². The van der Waals surface area contributed by atoms with Crippen LogP contribution in [0.2, 0.25) is 0 Å². The predicted molar refractivity (Wildman–Crippen MR) is 142 cm³/mol. The van der Waals surface area contributed by atoms with Gasteiger partial charge >= 0.3 is 0 Å². The molecular weight excluding hydrogens is 506 g/mol. The number of aromatic nitrogens is 2. The second kappa shape index (κ2) is 11.2. The second-order valence-corrected chi connectivity index (χ2v) is 11.8. The van der Waals surface area contributed by atoms with Gasteiger partial charge in [-0.25, -0.2) is 8.42 Å². The van der Waals surface area contributed by atoms with Gasteiger partial charge in [-0.3, -0.25) is 9.69 Å². The van der Waals surface area contributed by atoms with Gasteiger partial charge in [0.15, 0.2) is 0 Å². The molecule has 10 nitrogen and oxygen atoms in total. The van der Waals surface area contributed by atoms with Crippen LogP contribution in [0.4, 0.5) is 5.69 Å². The zero-order chi connectivity index (χ0) is 26.7. The summed E-state index contributed by atoms with van der Waals surface area (Å²) in [6, 6.07) is 12.5. The fourth-order valence-electron chi connectivity index (χ4n) is 5.05. The molecule has 2 aliphatic heterocycles. The highest BCUT2D eigenvalue weighted by molar-refractivity contribution is 7.89. The zero-order valence-electron chi connectivity index (χ0n) is 21.7. The van der Waals surface area contributed by atoms with Crippen molar-refractivity contribution >= 4 is 21.6 Å². The van der Waals surface area contributed by atoms with Gasteiger partial charge in [-0.1, -0.05) is 11.2 Å². The number of carbonyl (C=O) groups excluding carboxylic acids is 1. The van der Waals surface area contributed by atoms with Crippen LogP contribution >= 0.6 is 0 Å². The first-order chi connectivity index (χ1) is 18.3. The molecule has 3 heterocycles. The quantitative estimate of drug-likeness (QED) is 0.461. The molecule has 1 amide bonds. The Morgan fingerprint density at radius 1 is 1.11 bits per heavy atom. The number of anilines is 1. The SMILES string of the molecule is COc1ccc(-c2noc(CN3CCCC(C(=O)Nc4ccc(C)c(S(=O)(=O)N5CCCC5)c4)C3)n2)cc1. The van der Waals surface area contributed by atoms with E-state index < -0.39 is 10.0 Å². The van der Waals surface area contributed by atoms with Crippen LogP contribution in [0, 0.1) is 12.8 Å². The number of nitrogens with one attached hydrogen (secondary N) is 1. The number of hydrogen-bond acceptors (Lipinski definition) is 8. The van der Waals surface area contributed by atoms with E-state index in [1.54, 1.807) is 32.2 Å². The third-order valence-corrected chi connectivity index (χ3v) is 9.23. The van der Waals surface area contributed by atoms with Crippen molar-refractivity contribution in [2.45, 2.75) is 44.0 Å². The first-order valence-corrected chi connectivity index (χ1v) is 14.4. The van der Waals surface area contributed by atoms with Gasteiger partial charge in [0.1, 0.15) is 5.75 Å². The lowest BCUT2D eigenvalue weighted by Gasteiger charge is -2.30. The molecule has 11 heteroatoms. The Kier molecular flexibility index (Phi) is 7.78. The summed E-state index contributed by atoms with van der Waals surface area (Å²) >= 11 is 0. The summed E-state index contributed by atoms with van der Waals surface area (Å²) in [6.07, 6.45) is 3.37. The highest BCUT2D eigenvalue weighted by Gasteiger charge is 2.30. The van der Waals surface area contributed by atoms with E-state index in [2.05, 4.69) is 20.4 Å². The van der Waals surface area contributed by atoms with Crippen molar-refractivity contribution < 1.29 is 22.5 Å². The van der Waals surface area contributed by atoms with Crippen molar-refractivity contribution in [1.29, 1.82) is 0 Å². The minimum atomic E-state index is -3.57. The van der Waals surface area contributed by atoms with Crippen LogP contribution < -0.4 is 10.1 Å². The molecule has 0 aliphatic carbocycles. The van der Waals surface area contributed by atoms with Gasteiger partial charge in [0.05, 0.1) is 24.5 Å². The third kappa shape index (κ3) is 5.74. The Morgan fingerprint density at radius 2 is 1.87 bits per heavy atom. The summed E-state index contributed by atoms with van der Waals surface area (Å²) in [6.45, 7) is 4.69. The summed E-state index contributed by atoms with van der Waals surface area (Å²) in [5, 5.41) is 7.05. The second-order valence-electron chi connectivity index (χ2n) is 9.90. The maximum absolute atomic E-state index is 13.1. The molecule has 0 spiro atoms. The minimum absolute atomic E-state index is 0.118. The molecular formula is C27H33N5O5S. The number of amides is 1. The number of carbonyl (C=O) groups is 1. The van der Waals surface area contributed by atoms with Crippen molar-refractivity contribution in [3.8, 4) is 17.1 Å². The van der Waals surface area contributed by atoms with E-state index >= 15 is 0 Å². The van der Waals surface area contributed by atoms with Crippen molar-refractivity contribution in [3.63, 3.8) is 0 Å². The number of piperidine rings is 1. The molecule has 2 fully saturated rings. The van der Waals surface area contributed by atoms with Crippen molar-refractivity contribution in [3.05, 3.63) is 53.9 Å². The van der Waals surface area contributed by atoms with Crippen LogP contribution in [0.15, 0.2) is 51.9 Å². The number of aryl methyl sites for hydroxylation is 1. The number of nitrogens with zero attached hydrogens (tertiary/aromatic N) is 4. The molecule has 0 saturated carbocycles. The van der Waals surface area contributed by atoms with Crippen LogP contribution in [0.5, 0.6) is 5.75 Å². The standard InChI is InChI=1S/C27H33N5O5S/c1-19-7-10-22(16-24(19)38(34,35)32-14-3-4-15-32)28-27(33)21-6-5-13-31(17-21)18-25-29-26(30-37-25)20-8-11-23(36-2)12-9-20/h7-12,16,21H,3-6,13-15,17-18H2,1-2H3,(H,28,33). The van der Waals surface area contributed by atoms with E-state index in [9.17, 15) is 13.2 Å². The Bertz CT molecular complexity index is 1380. The maximum atomic E-state index is 13.1. The van der Waals surface area contributed by atoms with Crippen molar-refractivity contribution in [1.82, 2.24) is 19.3 Å². The van der Waals surface area contributed by atoms with Gasteiger partial charge in [0.2, 0.25) is 27.6 Å². The molecule has 0 radical (unpaired) electrons. The van der Waals surface area contributed by atoms with Gasteiger partial charge < -0.3 is 14.6 Å². The minimum Gasteiger partial charge on any atom is -0.497 e. The van der Waals surface area contributed by atoms with Gasteiger partial charge in [-0.05, 0) is 81.1 Å². The molecule has 2 aromatic carbocycles. The molecule has 202 valence electrons. The molecule has 2 aliphatic rings. The normalized spacial score (nSPS) is 18.9. The van der Waals surface area contributed by atoms with E-state index in [4.69, 9.17) is 9.26 Å². The average molecular weight is 540 g/mol. The summed E-state index contributed by atoms with van der Waals surface area (Å²) < 4.78 is 38.4. The fraction of sp³-hybridized carbons (Fsp3) is 0.444. The van der Waals surface area contributed by atoms with E-state index in [1.165, 1.54) is 4.31 Å². The lowest BCUT2D eigenvalue weighted by molar-refractivity contribution is -0.121. The van der Waals surface area contributed by atoms with E-state index in [1.807, 2.05) is 24.3 Å². The van der Waals surface area contributed by atoms with Gasteiger partial charge in [0, 0.05) is 30.9 Å². The monoisotopic (exact) mass is 539 g/mol. The first-order valence-electron chi connectivity index (χ1n) is 12.9. The Morgan fingerprint density at radius 3 is 2.61 bits per heavy atom. The van der Waals surface area contributed by atoms with Crippen molar-refractivity contribution in [2.24, 2.45) is 5.92 Å². The van der Waals surface area contributed by atoms with Crippen LogP contribution in [0.1, 0.15) is 37.1 Å². The number of sulfonamides is 1. The van der Waals surface area contributed by atoms with Gasteiger partial charge in [-0.2, -0.15) is 9.29 Å². The molecule has 1 atom stereocenters. The molecule has 3 aromatic rings.